The Kier molecular flexibility index (Phi) is 6.87. The third-order valence-corrected chi connectivity index (χ3v) is 8.16. The molecular formula is C20H21ClN2O4S2. The van der Waals surface area contributed by atoms with Gasteiger partial charge in [-0.05, 0) is 36.8 Å². The Hall–Kier alpha value is -2.03. The molecule has 29 heavy (non-hydrogen) atoms. The minimum absolute atomic E-state index is 0.0884. The van der Waals surface area contributed by atoms with Gasteiger partial charge in [-0.3, -0.25) is 9.59 Å². The molecule has 0 spiro atoms. The summed E-state index contributed by atoms with van der Waals surface area (Å²) in [5.74, 6) is 0.129. The molecule has 0 radical (unpaired) electrons. The number of hydrogen-bond acceptors (Lipinski definition) is 5. The Labute approximate surface area is 179 Å². The van der Waals surface area contributed by atoms with E-state index >= 15 is 0 Å². The van der Waals surface area contributed by atoms with E-state index in [0.29, 0.717) is 22.9 Å². The first kappa shape index (κ1) is 21.7. The van der Waals surface area contributed by atoms with Crippen molar-refractivity contribution in [2.75, 3.05) is 11.1 Å². The zero-order chi connectivity index (χ0) is 21.0. The second-order valence-electron chi connectivity index (χ2n) is 6.73. The molecule has 0 saturated heterocycles. The molecule has 1 unspecified atom stereocenters. The van der Waals surface area contributed by atoms with Gasteiger partial charge in [0.1, 0.15) is 0 Å². The van der Waals surface area contributed by atoms with E-state index in [0.717, 1.165) is 10.5 Å². The second kappa shape index (κ2) is 9.19. The lowest BCUT2D eigenvalue weighted by molar-refractivity contribution is -0.121. The standard InChI is InChI=1S/C20H21ClN2O4S2/c1-13(10-20(25)22-12-14-4-2-3-5-16(14)21)29(26,27)15-6-7-18-17(11-15)23-19(24)8-9-28-18/h2-7,11,13H,8-10,12H2,1H3,(H,22,25)(H,23,24). The maximum atomic E-state index is 12.9. The van der Waals surface area contributed by atoms with Crippen molar-refractivity contribution in [3.63, 3.8) is 0 Å². The van der Waals surface area contributed by atoms with Crippen LogP contribution in [0.4, 0.5) is 5.69 Å². The number of hydrogen-bond donors (Lipinski definition) is 2. The fourth-order valence-corrected chi connectivity index (χ4v) is 5.40. The van der Waals surface area contributed by atoms with Crippen LogP contribution in [0.1, 0.15) is 25.3 Å². The summed E-state index contributed by atoms with van der Waals surface area (Å²) in [6.45, 7) is 1.73. The van der Waals surface area contributed by atoms with Crippen LogP contribution in [0.2, 0.25) is 5.02 Å². The minimum Gasteiger partial charge on any atom is -0.352 e. The Morgan fingerprint density at radius 1 is 1.28 bits per heavy atom. The third kappa shape index (κ3) is 5.32. The Balaban J connectivity index is 1.68. The average molecular weight is 453 g/mol. The Morgan fingerprint density at radius 3 is 2.79 bits per heavy atom. The van der Waals surface area contributed by atoms with E-state index in [-0.39, 0.29) is 29.7 Å². The van der Waals surface area contributed by atoms with Gasteiger partial charge in [0.2, 0.25) is 11.8 Å². The molecule has 2 aromatic rings. The summed E-state index contributed by atoms with van der Waals surface area (Å²) < 4.78 is 25.9. The van der Waals surface area contributed by atoms with Crippen LogP contribution < -0.4 is 10.6 Å². The van der Waals surface area contributed by atoms with Crippen LogP contribution in [0.3, 0.4) is 0 Å². The van der Waals surface area contributed by atoms with Gasteiger partial charge in [0.25, 0.3) is 0 Å². The van der Waals surface area contributed by atoms with Gasteiger partial charge in [-0.1, -0.05) is 29.8 Å². The third-order valence-electron chi connectivity index (χ3n) is 4.58. The molecule has 0 aliphatic carbocycles. The van der Waals surface area contributed by atoms with E-state index in [1.807, 2.05) is 6.07 Å². The molecule has 0 fully saturated rings. The van der Waals surface area contributed by atoms with Crippen LogP contribution in [0, 0.1) is 0 Å². The average Bonchev–Trinajstić information content (AvgIpc) is 2.87. The predicted molar refractivity (Wildman–Crippen MR) is 115 cm³/mol. The Bertz CT molecular complexity index is 1040. The molecule has 2 amide bonds. The fraction of sp³-hybridized carbons (Fsp3) is 0.300. The van der Waals surface area contributed by atoms with Crippen LogP contribution >= 0.6 is 23.4 Å². The summed E-state index contributed by atoms with van der Waals surface area (Å²) in [6, 6.07) is 11.8. The first-order valence-electron chi connectivity index (χ1n) is 9.08. The van der Waals surface area contributed by atoms with Crippen LogP contribution in [0.25, 0.3) is 0 Å². The molecule has 9 heteroatoms. The molecular weight excluding hydrogens is 432 g/mol. The SMILES string of the molecule is CC(CC(=O)NCc1ccccc1Cl)S(=O)(=O)c1ccc2c(c1)NC(=O)CCS2. The number of nitrogens with one attached hydrogen (secondary N) is 2. The molecule has 0 aromatic heterocycles. The smallest absolute Gasteiger partial charge is 0.225 e. The highest BCUT2D eigenvalue weighted by atomic mass is 35.5. The first-order chi connectivity index (χ1) is 13.8. The zero-order valence-electron chi connectivity index (χ0n) is 15.8. The topological polar surface area (TPSA) is 92.3 Å². The molecule has 2 aromatic carbocycles. The minimum atomic E-state index is -3.74. The quantitative estimate of drug-likeness (QED) is 0.698. The van der Waals surface area contributed by atoms with Gasteiger partial charge in [-0.25, -0.2) is 8.42 Å². The summed E-state index contributed by atoms with van der Waals surface area (Å²) in [5, 5.41) is 5.08. The van der Waals surface area contributed by atoms with Crippen LogP contribution in [0.15, 0.2) is 52.3 Å². The largest absolute Gasteiger partial charge is 0.352 e. The lowest BCUT2D eigenvalue weighted by atomic mass is 10.2. The zero-order valence-corrected chi connectivity index (χ0v) is 18.2. The number of carbonyl (C=O) groups is 2. The molecule has 0 saturated carbocycles. The van der Waals surface area contributed by atoms with E-state index in [9.17, 15) is 18.0 Å². The van der Waals surface area contributed by atoms with Gasteiger partial charge in [0.05, 0.1) is 15.8 Å². The molecule has 1 atom stereocenters. The molecule has 3 rings (SSSR count). The molecule has 1 aliphatic heterocycles. The lowest BCUT2D eigenvalue weighted by Crippen LogP contribution is -2.29. The highest BCUT2D eigenvalue weighted by Gasteiger charge is 2.27. The maximum Gasteiger partial charge on any atom is 0.225 e. The van der Waals surface area contributed by atoms with Crippen molar-refractivity contribution in [1.29, 1.82) is 0 Å². The molecule has 1 heterocycles. The summed E-state index contributed by atoms with van der Waals surface area (Å²) in [4.78, 5) is 24.9. The van der Waals surface area contributed by atoms with Crippen molar-refractivity contribution in [2.24, 2.45) is 0 Å². The van der Waals surface area contributed by atoms with Crippen molar-refractivity contribution in [1.82, 2.24) is 5.32 Å². The molecule has 6 nitrogen and oxygen atoms in total. The number of rotatable bonds is 6. The number of thioether (sulfide) groups is 1. The highest BCUT2D eigenvalue weighted by molar-refractivity contribution is 7.99. The fourth-order valence-electron chi connectivity index (χ4n) is 2.89. The van der Waals surface area contributed by atoms with Crippen molar-refractivity contribution in [3.05, 3.63) is 53.1 Å². The van der Waals surface area contributed by atoms with Crippen molar-refractivity contribution < 1.29 is 18.0 Å². The van der Waals surface area contributed by atoms with Gasteiger partial charge < -0.3 is 10.6 Å². The summed E-state index contributed by atoms with van der Waals surface area (Å²) >= 11 is 7.57. The molecule has 0 bridgehead atoms. The van der Waals surface area contributed by atoms with Crippen molar-refractivity contribution in [3.8, 4) is 0 Å². The van der Waals surface area contributed by atoms with E-state index in [1.165, 1.54) is 30.8 Å². The highest BCUT2D eigenvalue weighted by Crippen LogP contribution is 2.33. The number of sulfone groups is 1. The van der Waals surface area contributed by atoms with Gasteiger partial charge in [0, 0.05) is 35.1 Å². The van der Waals surface area contributed by atoms with E-state index in [2.05, 4.69) is 10.6 Å². The maximum absolute atomic E-state index is 12.9. The van der Waals surface area contributed by atoms with Gasteiger partial charge in [-0.15, -0.1) is 11.8 Å². The second-order valence-corrected chi connectivity index (χ2v) is 10.6. The molecule has 2 N–H and O–H groups in total. The summed E-state index contributed by atoms with van der Waals surface area (Å²) in [5.41, 5.74) is 1.26. The number of fused-ring (bicyclic) bond motifs is 1. The van der Waals surface area contributed by atoms with Crippen LogP contribution in [-0.2, 0) is 26.0 Å². The first-order valence-corrected chi connectivity index (χ1v) is 12.0. The van der Waals surface area contributed by atoms with E-state index < -0.39 is 15.1 Å². The molecule has 154 valence electrons. The van der Waals surface area contributed by atoms with Gasteiger partial charge >= 0.3 is 0 Å². The van der Waals surface area contributed by atoms with Crippen molar-refractivity contribution >= 4 is 50.7 Å². The predicted octanol–water partition coefficient (Wildman–Crippen LogP) is 3.64. The summed E-state index contributed by atoms with van der Waals surface area (Å²) in [6.07, 6.45) is 0.203. The lowest BCUT2D eigenvalue weighted by Gasteiger charge is -2.15. The van der Waals surface area contributed by atoms with Gasteiger partial charge in [-0.2, -0.15) is 0 Å². The van der Waals surface area contributed by atoms with Crippen molar-refractivity contribution in [2.45, 2.75) is 41.4 Å². The van der Waals surface area contributed by atoms with Crippen LogP contribution in [0.5, 0.6) is 0 Å². The normalized spacial score (nSPS) is 15.0. The van der Waals surface area contributed by atoms with E-state index in [4.69, 9.17) is 11.6 Å². The number of amides is 2. The Morgan fingerprint density at radius 2 is 2.03 bits per heavy atom. The summed E-state index contributed by atoms with van der Waals surface area (Å²) in [7, 11) is -3.74. The molecule has 1 aliphatic rings. The monoisotopic (exact) mass is 452 g/mol. The van der Waals surface area contributed by atoms with Gasteiger partial charge in [0.15, 0.2) is 9.84 Å². The number of halogens is 1. The number of carbonyl (C=O) groups excluding carboxylic acids is 2. The van der Waals surface area contributed by atoms with Crippen LogP contribution in [-0.4, -0.2) is 31.2 Å². The number of anilines is 1. The number of benzene rings is 2. The van der Waals surface area contributed by atoms with E-state index in [1.54, 1.807) is 24.3 Å².